The molecule has 110 valence electrons. The van der Waals surface area contributed by atoms with E-state index < -0.39 is 10.0 Å². The standard InChI is InChI=1S/C12H23N3O3S/c1-10-9-11(3-4-13-10)12(16)14-5-7-15(8-6-14)19(2,17)18/h10-11,13H,3-9H2,1-2H3. The van der Waals surface area contributed by atoms with Gasteiger partial charge < -0.3 is 10.2 Å². The van der Waals surface area contributed by atoms with Gasteiger partial charge in [0.25, 0.3) is 0 Å². The number of sulfonamides is 1. The van der Waals surface area contributed by atoms with Gasteiger partial charge in [-0.2, -0.15) is 4.31 Å². The van der Waals surface area contributed by atoms with Gasteiger partial charge in [0.05, 0.1) is 6.26 Å². The summed E-state index contributed by atoms with van der Waals surface area (Å²) in [4.78, 5) is 14.2. The van der Waals surface area contributed by atoms with Crippen LogP contribution in [0.4, 0.5) is 0 Å². The first-order valence-electron chi connectivity index (χ1n) is 6.85. The first kappa shape index (κ1) is 14.7. The van der Waals surface area contributed by atoms with Crippen LogP contribution < -0.4 is 5.32 Å². The van der Waals surface area contributed by atoms with Gasteiger partial charge in [0.2, 0.25) is 15.9 Å². The SMILES string of the molecule is CC1CC(C(=O)N2CCN(S(C)(=O)=O)CC2)CCN1. The van der Waals surface area contributed by atoms with Gasteiger partial charge in [0.15, 0.2) is 0 Å². The molecule has 1 amide bonds. The molecule has 1 N–H and O–H groups in total. The van der Waals surface area contributed by atoms with E-state index in [0.29, 0.717) is 32.2 Å². The molecule has 0 aromatic rings. The summed E-state index contributed by atoms with van der Waals surface area (Å²) in [5, 5.41) is 3.34. The molecule has 0 aromatic heterocycles. The third-order valence-corrected chi connectivity index (χ3v) is 5.30. The maximum Gasteiger partial charge on any atom is 0.225 e. The molecule has 2 aliphatic heterocycles. The van der Waals surface area contributed by atoms with Gasteiger partial charge in [0, 0.05) is 38.1 Å². The number of hydrogen-bond acceptors (Lipinski definition) is 4. The third kappa shape index (κ3) is 3.67. The fourth-order valence-electron chi connectivity index (χ4n) is 2.85. The van der Waals surface area contributed by atoms with Crippen molar-refractivity contribution >= 4 is 15.9 Å². The van der Waals surface area contributed by atoms with Crippen LogP contribution in [0.5, 0.6) is 0 Å². The predicted octanol–water partition coefficient (Wildman–Crippen LogP) is -0.522. The van der Waals surface area contributed by atoms with E-state index in [0.717, 1.165) is 19.4 Å². The third-order valence-electron chi connectivity index (χ3n) is 3.99. The normalized spacial score (nSPS) is 30.3. The highest BCUT2D eigenvalue weighted by Crippen LogP contribution is 2.20. The van der Waals surface area contributed by atoms with Crippen LogP contribution in [0.2, 0.25) is 0 Å². The second kappa shape index (κ2) is 5.76. The van der Waals surface area contributed by atoms with Crippen LogP contribution in [0.15, 0.2) is 0 Å². The van der Waals surface area contributed by atoms with Gasteiger partial charge in [-0.25, -0.2) is 8.42 Å². The molecule has 0 aromatic carbocycles. The first-order valence-corrected chi connectivity index (χ1v) is 8.70. The number of amides is 1. The molecular weight excluding hydrogens is 266 g/mol. The average molecular weight is 289 g/mol. The molecule has 6 nitrogen and oxygen atoms in total. The van der Waals surface area contributed by atoms with E-state index in [-0.39, 0.29) is 11.8 Å². The van der Waals surface area contributed by atoms with Gasteiger partial charge in [0.1, 0.15) is 0 Å². The minimum Gasteiger partial charge on any atom is -0.340 e. The summed E-state index contributed by atoms with van der Waals surface area (Å²) in [6.07, 6.45) is 2.99. The lowest BCUT2D eigenvalue weighted by molar-refractivity contribution is -0.137. The second-order valence-electron chi connectivity index (χ2n) is 5.56. The summed E-state index contributed by atoms with van der Waals surface area (Å²) in [7, 11) is -3.12. The van der Waals surface area contributed by atoms with Crippen LogP contribution in [0.25, 0.3) is 0 Å². The molecular formula is C12H23N3O3S. The number of carbonyl (C=O) groups excluding carboxylic acids is 1. The Morgan fingerprint density at radius 2 is 1.84 bits per heavy atom. The number of nitrogens with one attached hydrogen (secondary N) is 1. The van der Waals surface area contributed by atoms with Crippen LogP contribution in [-0.4, -0.2) is 68.6 Å². The maximum atomic E-state index is 12.4. The smallest absolute Gasteiger partial charge is 0.225 e. The Balaban J connectivity index is 1.89. The minimum absolute atomic E-state index is 0.0982. The molecule has 7 heteroatoms. The summed E-state index contributed by atoms with van der Waals surface area (Å²) in [6.45, 7) is 4.87. The number of carbonyl (C=O) groups is 1. The Hall–Kier alpha value is -0.660. The van der Waals surface area contributed by atoms with Crippen LogP contribution in [0.1, 0.15) is 19.8 Å². The number of nitrogens with zero attached hydrogens (tertiary/aromatic N) is 2. The summed E-state index contributed by atoms with van der Waals surface area (Å²) >= 11 is 0. The number of piperidine rings is 1. The Bertz CT molecular complexity index is 430. The van der Waals surface area contributed by atoms with Crippen LogP contribution in [-0.2, 0) is 14.8 Å². The van der Waals surface area contributed by atoms with Crippen molar-refractivity contribution in [3.8, 4) is 0 Å². The summed E-state index contributed by atoms with van der Waals surface area (Å²) in [5.41, 5.74) is 0. The molecule has 2 fully saturated rings. The minimum atomic E-state index is -3.12. The van der Waals surface area contributed by atoms with Crippen LogP contribution in [0, 0.1) is 5.92 Å². The number of piperazine rings is 1. The zero-order valence-electron chi connectivity index (χ0n) is 11.6. The Kier molecular flexibility index (Phi) is 4.47. The summed E-state index contributed by atoms with van der Waals surface area (Å²) < 4.78 is 24.3. The molecule has 2 atom stereocenters. The van der Waals surface area contributed by atoms with Crippen molar-refractivity contribution < 1.29 is 13.2 Å². The predicted molar refractivity (Wildman–Crippen MR) is 73.2 cm³/mol. The molecule has 2 unspecified atom stereocenters. The van der Waals surface area contributed by atoms with E-state index in [4.69, 9.17) is 0 Å². The molecule has 0 aliphatic carbocycles. The average Bonchev–Trinajstić information content (AvgIpc) is 2.37. The van der Waals surface area contributed by atoms with Crippen molar-refractivity contribution in [1.29, 1.82) is 0 Å². The van der Waals surface area contributed by atoms with Crippen molar-refractivity contribution in [2.45, 2.75) is 25.8 Å². The van der Waals surface area contributed by atoms with Crippen molar-refractivity contribution in [1.82, 2.24) is 14.5 Å². The Labute approximate surface area is 115 Å². The molecule has 0 spiro atoms. The zero-order valence-corrected chi connectivity index (χ0v) is 12.4. The van der Waals surface area contributed by atoms with E-state index in [1.807, 2.05) is 4.90 Å². The van der Waals surface area contributed by atoms with Gasteiger partial charge in [-0.05, 0) is 26.3 Å². The lowest BCUT2D eigenvalue weighted by Gasteiger charge is -2.37. The van der Waals surface area contributed by atoms with Crippen LogP contribution >= 0.6 is 0 Å². The van der Waals surface area contributed by atoms with E-state index in [9.17, 15) is 13.2 Å². The molecule has 2 rings (SSSR count). The van der Waals surface area contributed by atoms with E-state index in [2.05, 4.69) is 12.2 Å². The monoisotopic (exact) mass is 289 g/mol. The maximum absolute atomic E-state index is 12.4. The molecule has 2 saturated heterocycles. The molecule has 0 saturated carbocycles. The van der Waals surface area contributed by atoms with Gasteiger partial charge in [-0.15, -0.1) is 0 Å². The van der Waals surface area contributed by atoms with Crippen molar-refractivity contribution in [3.63, 3.8) is 0 Å². The summed E-state index contributed by atoms with van der Waals surface area (Å²) in [6, 6.07) is 0.389. The van der Waals surface area contributed by atoms with Gasteiger partial charge in [-0.3, -0.25) is 4.79 Å². The fourth-order valence-corrected chi connectivity index (χ4v) is 3.68. The quantitative estimate of drug-likeness (QED) is 0.742. The molecule has 0 bridgehead atoms. The number of hydrogen-bond donors (Lipinski definition) is 1. The van der Waals surface area contributed by atoms with Crippen molar-refractivity contribution in [2.24, 2.45) is 5.92 Å². The zero-order chi connectivity index (χ0) is 14.0. The van der Waals surface area contributed by atoms with Crippen LogP contribution in [0.3, 0.4) is 0 Å². The highest BCUT2D eigenvalue weighted by Gasteiger charge is 2.31. The number of rotatable bonds is 2. The molecule has 0 radical (unpaired) electrons. The van der Waals surface area contributed by atoms with E-state index in [1.54, 1.807) is 0 Å². The largest absolute Gasteiger partial charge is 0.340 e. The molecule has 2 aliphatic rings. The topological polar surface area (TPSA) is 69.7 Å². The highest BCUT2D eigenvalue weighted by molar-refractivity contribution is 7.88. The highest BCUT2D eigenvalue weighted by atomic mass is 32.2. The first-order chi connectivity index (χ1) is 8.88. The lowest BCUT2D eigenvalue weighted by Crippen LogP contribution is -2.53. The van der Waals surface area contributed by atoms with Crippen molar-refractivity contribution in [2.75, 3.05) is 39.0 Å². The van der Waals surface area contributed by atoms with Gasteiger partial charge in [-0.1, -0.05) is 0 Å². The van der Waals surface area contributed by atoms with Gasteiger partial charge >= 0.3 is 0 Å². The second-order valence-corrected chi connectivity index (χ2v) is 7.55. The fraction of sp³-hybridized carbons (Fsp3) is 0.917. The summed E-state index contributed by atoms with van der Waals surface area (Å²) in [5.74, 6) is 0.294. The van der Waals surface area contributed by atoms with E-state index in [1.165, 1.54) is 10.6 Å². The molecule has 2 heterocycles. The molecule has 19 heavy (non-hydrogen) atoms. The lowest BCUT2D eigenvalue weighted by atomic mass is 9.92. The Morgan fingerprint density at radius 3 is 2.37 bits per heavy atom. The van der Waals surface area contributed by atoms with Crippen molar-refractivity contribution in [3.05, 3.63) is 0 Å². The Morgan fingerprint density at radius 1 is 1.21 bits per heavy atom. The van der Waals surface area contributed by atoms with E-state index >= 15 is 0 Å².